The van der Waals surface area contributed by atoms with Crippen molar-refractivity contribution in [3.63, 3.8) is 0 Å². The summed E-state index contributed by atoms with van der Waals surface area (Å²) in [6, 6.07) is 19.2. The van der Waals surface area contributed by atoms with Crippen LogP contribution >= 0.6 is 12.2 Å². The second-order valence-electron chi connectivity index (χ2n) is 4.59. The Morgan fingerprint density at radius 2 is 1.50 bits per heavy atom. The van der Waals surface area contributed by atoms with Gasteiger partial charge in [0.05, 0.1) is 0 Å². The molecule has 0 saturated carbocycles. The number of benzene rings is 2. The van der Waals surface area contributed by atoms with Crippen molar-refractivity contribution in [1.82, 2.24) is 4.90 Å². The molecule has 0 aromatic heterocycles. The standard InChI is InChI=1S/C16H14N2OS/c19-15(13-7-3-1-4-8-13)18-12-11-17(16(18)20)14-9-5-2-6-10-14/h1-10H,11-12H2. The molecular formula is C16H14N2OS. The summed E-state index contributed by atoms with van der Waals surface area (Å²) in [5, 5.41) is 0.574. The van der Waals surface area contributed by atoms with Crippen LogP contribution in [-0.2, 0) is 0 Å². The summed E-state index contributed by atoms with van der Waals surface area (Å²) in [5.41, 5.74) is 1.70. The van der Waals surface area contributed by atoms with Crippen molar-refractivity contribution < 1.29 is 4.79 Å². The van der Waals surface area contributed by atoms with Gasteiger partial charge in [-0.2, -0.15) is 0 Å². The van der Waals surface area contributed by atoms with Crippen LogP contribution in [-0.4, -0.2) is 29.0 Å². The molecule has 3 nitrogen and oxygen atoms in total. The number of rotatable bonds is 2. The lowest BCUT2D eigenvalue weighted by atomic mass is 10.2. The van der Waals surface area contributed by atoms with E-state index in [9.17, 15) is 4.79 Å². The summed E-state index contributed by atoms with van der Waals surface area (Å²) < 4.78 is 0. The second kappa shape index (κ2) is 5.43. The number of amides is 1. The number of carbonyl (C=O) groups is 1. The van der Waals surface area contributed by atoms with Crippen LogP contribution in [0, 0.1) is 0 Å². The van der Waals surface area contributed by atoms with Gasteiger partial charge < -0.3 is 4.90 Å². The topological polar surface area (TPSA) is 23.6 Å². The van der Waals surface area contributed by atoms with Gasteiger partial charge in [0.25, 0.3) is 5.91 Å². The van der Waals surface area contributed by atoms with E-state index in [1.807, 2.05) is 65.6 Å². The van der Waals surface area contributed by atoms with Crippen molar-refractivity contribution in [2.45, 2.75) is 0 Å². The minimum atomic E-state index is -0.0333. The molecule has 4 heteroatoms. The summed E-state index contributed by atoms with van der Waals surface area (Å²) in [6.45, 7) is 1.36. The van der Waals surface area contributed by atoms with Gasteiger partial charge in [0, 0.05) is 24.3 Å². The Bertz CT molecular complexity index is 627. The molecule has 1 saturated heterocycles. The molecule has 2 aromatic rings. The molecule has 100 valence electrons. The third-order valence-electron chi connectivity index (χ3n) is 3.34. The van der Waals surface area contributed by atoms with Crippen molar-refractivity contribution in [3.8, 4) is 0 Å². The minimum Gasteiger partial charge on any atom is -0.317 e. The quantitative estimate of drug-likeness (QED) is 0.791. The van der Waals surface area contributed by atoms with Gasteiger partial charge in [-0.05, 0) is 36.5 Å². The van der Waals surface area contributed by atoms with E-state index in [2.05, 4.69) is 0 Å². The summed E-state index contributed by atoms with van der Waals surface area (Å²) >= 11 is 5.45. The highest BCUT2D eigenvalue weighted by molar-refractivity contribution is 7.80. The number of anilines is 1. The van der Waals surface area contributed by atoms with E-state index in [1.165, 1.54) is 0 Å². The van der Waals surface area contributed by atoms with Gasteiger partial charge in [0.2, 0.25) is 0 Å². The highest BCUT2D eigenvalue weighted by Gasteiger charge is 2.30. The van der Waals surface area contributed by atoms with Crippen LogP contribution in [0.5, 0.6) is 0 Å². The average Bonchev–Trinajstić information content (AvgIpc) is 2.90. The van der Waals surface area contributed by atoms with Crippen LogP contribution in [0.2, 0.25) is 0 Å². The van der Waals surface area contributed by atoms with Gasteiger partial charge in [-0.1, -0.05) is 36.4 Å². The summed E-state index contributed by atoms with van der Waals surface area (Å²) in [7, 11) is 0. The van der Waals surface area contributed by atoms with Gasteiger partial charge in [0.1, 0.15) is 0 Å². The lowest BCUT2D eigenvalue weighted by Gasteiger charge is -2.20. The second-order valence-corrected chi connectivity index (χ2v) is 4.96. The molecule has 0 unspecified atom stereocenters. The highest BCUT2D eigenvalue weighted by atomic mass is 32.1. The molecule has 0 atom stereocenters. The zero-order valence-electron chi connectivity index (χ0n) is 10.9. The largest absolute Gasteiger partial charge is 0.317 e. The van der Waals surface area contributed by atoms with Gasteiger partial charge in [0.15, 0.2) is 5.11 Å². The van der Waals surface area contributed by atoms with Crippen LogP contribution in [0.25, 0.3) is 0 Å². The van der Waals surface area contributed by atoms with E-state index in [0.717, 1.165) is 12.2 Å². The zero-order valence-corrected chi connectivity index (χ0v) is 11.7. The van der Waals surface area contributed by atoms with Crippen LogP contribution in [0.3, 0.4) is 0 Å². The molecule has 0 N–H and O–H groups in total. The minimum absolute atomic E-state index is 0.0333. The zero-order chi connectivity index (χ0) is 13.9. The van der Waals surface area contributed by atoms with Crippen molar-refractivity contribution >= 4 is 28.9 Å². The van der Waals surface area contributed by atoms with E-state index in [4.69, 9.17) is 12.2 Å². The summed E-state index contributed by atoms with van der Waals surface area (Å²) in [5.74, 6) is -0.0333. The Morgan fingerprint density at radius 1 is 0.900 bits per heavy atom. The third-order valence-corrected chi connectivity index (χ3v) is 3.78. The predicted molar refractivity (Wildman–Crippen MR) is 83.9 cm³/mol. The molecule has 0 bridgehead atoms. The Hall–Kier alpha value is -2.20. The highest BCUT2D eigenvalue weighted by Crippen LogP contribution is 2.21. The molecule has 1 heterocycles. The first-order chi connectivity index (χ1) is 9.77. The van der Waals surface area contributed by atoms with Gasteiger partial charge in [-0.3, -0.25) is 9.69 Å². The van der Waals surface area contributed by atoms with Gasteiger partial charge in [-0.15, -0.1) is 0 Å². The fourth-order valence-corrected chi connectivity index (χ4v) is 2.68. The molecule has 0 radical (unpaired) electrons. The van der Waals surface area contributed by atoms with Crippen molar-refractivity contribution in [2.24, 2.45) is 0 Å². The molecule has 1 aliphatic rings. The fourth-order valence-electron chi connectivity index (χ4n) is 2.31. The number of para-hydroxylation sites is 1. The molecule has 3 rings (SSSR count). The number of hydrogen-bond donors (Lipinski definition) is 0. The fraction of sp³-hybridized carbons (Fsp3) is 0.125. The van der Waals surface area contributed by atoms with Crippen molar-refractivity contribution in [3.05, 3.63) is 66.2 Å². The molecule has 0 aliphatic carbocycles. The molecular weight excluding hydrogens is 268 g/mol. The molecule has 2 aromatic carbocycles. The van der Waals surface area contributed by atoms with E-state index >= 15 is 0 Å². The smallest absolute Gasteiger partial charge is 0.260 e. The van der Waals surface area contributed by atoms with Crippen molar-refractivity contribution in [1.29, 1.82) is 0 Å². The van der Waals surface area contributed by atoms with Crippen molar-refractivity contribution in [2.75, 3.05) is 18.0 Å². The van der Waals surface area contributed by atoms with Gasteiger partial charge >= 0.3 is 0 Å². The number of thiocarbonyl (C=S) groups is 1. The van der Waals surface area contributed by atoms with E-state index in [0.29, 0.717) is 17.2 Å². The average molecular weight is 282 g/mol. The SMILES string of the molecule is O=C(c1ccccc1)N1CCN(c2ccccc2)C1=S. The number of hydrogen-bond acceptors (Lipinski definition) is 2. The van der Waals surface area contributed by atoms with Crippen LogP contribution in [0.15, 0.2) is 60.7 Å². The monoisotopic (exact) mass is 282 g/mol. The molecule has 1 aliphatic heterocycles. The predicted octanol–water partition coefficient (Wildman–Crippen LogP) is 2.93. The Morgan fingerprint density at radius 3 is 2.15 bits per heavy atom. The van der Waals surface area contributed by atoms with Crippen LogP contribution in [0.1, 0.15) is 10.4 Å². The van der Waals surface area contributed by atoms with E-state index in [1.54, 1.807) is 4.90 Å². The summed E-state index contributed by atoms with van der Waals surface area (Å²) in [4.78, 5) is 16.1. The molecule has 1 fully saturated rings. The molecule has 1 amide bonds. The molecule has 20 heavy (non-hydrogen) atoms. The van der Waals surface area contributed by atoms with Crippen LogP contribution in [0.4, 0.5) is 5.69 Å². The molecule has 0 spiro atoms. The Kier molecular flexibility index (Phi) is 3.48. The maximum atomic E-state index is 12.4. The third kappa shape index (κ3) is 2.30. The van der Waals surface area contributed by atoms with E-state index < -0.39 is 0 Å². The maximum absolute atomic E-state index is 12.4. The van der Waals surface area contributed by atoms with E-state index in [-0.39, 0.29) is 5.91 Å². The number of carbonyl (C=O) groups excluding carboxylic acids is 1. The van der Waals surface area contributed by atoms with Gasteiger partial charge in [-0.25, -0.2) is 0 Å². The lowest BCUT2D eigenvalue weighted by Crippen LogP contribution is -2.36. The first-order valence-corrected chi connectivity index (χ1v) is 6.91. The lowest BCUT2D eigenvalue weighted by molar-refractivity contribution is 0.0861. The van der Waals surface area contributed by atoms with Crippen LogP contribution < -0.4 is 4.90 Å². The normalized spacial score (nSPS) is 14.7. The first kappa shape index (κ1) is 12.8. The summed E-state index contributed by atoms with van der Waals surface area (Å²) in [6.07, 6.45) is 0. The maximum Gasteiger partial charge on any atom is 0.260 e. The first-order valence-electron chi connectivity index (χ1n) is 6.51. The Labute approximate surface area is 123 Å². The Balaban J connectivity index is 1.81. The number of nitrogens with zero attached hydrogens (tertiary/aromatic N) is 2.